The predicted molar refractivity (Wildman–Crippen MR) is 80.9 cm³/mol. The van der Waals surface area contributed by atoms with Gasteiger partial charge in [0.25, 0.3) is 0 Å². The van der Waals surface area contributed by atoms with E-state index in [1.165, 1.54) is 11.4 Å². The molecule has 0 aliphatic rings. The number of aliphatic hydroxyl groups excluding tert-OH is 1. The summed E-state index contributed by atoms with van der Waals surface area (Å²) in [6.45, 7) is 2.87. The third-order valence-electron chi connectivity index (χ3n) is 3.13. The van der Waals surface area contributed by atoms with Gasteiger partial charge in [-0.3, -0.25) is 4.90 Å². The van der Waals surface area contributed by atoms with Gasteiger partial charge in [0.05, 0.1) is 11.9 Å². The van der Waals surface area contributed by atoms with Crippen LogP contribution in [-0.4, -0.2) is 61.8 Å². The number of aliphatic hydroxyl groups is 1. The van der Waals surface area contributed by atoms with Gasteiger partial charge >= 0.3 is 0 Å². The first kappa shape index (κ1) is 17.1. The molecule has 1 atom stereocenters. The SMILES string of the molecule is CCS(=O)(=O)N(C)CC(O)CN(C)Cc1ccccc1. The summed E-state index contributed by atoms with van der Waals surface area (Å²) >= 11 is 0. The van der Waals surface area contributed by atoms with E-state index in [0.29, 0.717) is 6.54 Å². The van der Waals surface area contributed by atoms with Crippen molar-refractivity contribution < 1.29 is 13.5 Å². The third-order valence-corrected chi connectivity index (χ3v) is 4.95. The van der Waals surface area contributed by atoms with Crippen LogP contribution in [0.5, 0.6) is 0 Å². The maximum absolute atomic E-state index is 11.6. The minimum absolute atomic E-state index is 0.0517. The van der Waals surface area contributed by atoms with Gasteiger partial charge in [-0.2, -0.15) is 0 Å². The molecule has 1 N–H and O–H groups in total. The Labute approximate surface area is 121 Å². The van der Waals surface area contributed by atoms with Crippen molar-refractivity contribution in [2.24, 2.45) is 0 Å². The predicted octanol–water partition coefficient (Wildman–Crippen LogP) is 0.761. The molecule has 0 saturated heterocycles. The third kappa shape index (κ3) is 5.58. The zero-order chi connectivity index (χ0) is 15.2. The lowest BCUT2D eigenvalue weighted by molar-refractivity contribution is 0.108. The van der Waals surface area contributed by atoms with Crippen molar-refractivity contribution in [2.75, 3.05) is 32.9 Å². The second kappa shape index (κ2) is 7.73. The normalized spacial score (nSPS) is 13.9. The fourth-order valence-electron chi connectivity index (χ4n) is 2.01. The van der Waals surface area contributed by atoms with Gasteiger partial charge in [0.15, 0.2) is 0 Å². The Hall–Kier alpha value is -0.950. The van der Waals surface area contributed by atoms with Crippen molar-refractivity contribution in [3.8, 4) is 0 Å². The number of hydrogen-bond donors (Lipinski definition) is 1. The highest BCUT2D eigenvalue weighted by atomic mass is 32.2. The molecule has 0 bridgehead atoms. The molecule has 0 aliphatic heterocycles. The average molecular weight is 300 g/mol. The molecule has 0 aliphatic carbocycles. The topological polar surface area (TPSA) is 60.9 Å². The summed E-state index contributed by atoms with van der Waals surface area (Å²) in [5.74, 6) is 0.0517. The molecule has 0 aromatic heterocycles. The van der Waals surface area contributed by atoms with E-state index in [-0.39, 0.29) is 12.3 Å². The quantitative estimate of drug-likeness (QED) is 0.770. The molecule has 0 amide bonds. The number of likely N-dealkylation sites (N-methyl/N-ethyl adjacent to an activating group) is 2. The van der Waals surface area contributed by atoms with E-state index in [1.54, 1.807) is 6.92 Å². The van der Waals surface area contributed by atoms with Crippen molar-refractivity contribution in [3.63, 3.8) is 0 Å². The molecular formula is C14H24N2O3S. The van der Waals surface area contributed by atoms with E-state index < -0.39 is 16.1 Å². The fourth-order valence-corrected chi connectivity index (χ4v) is 2.85. The lowest BCUT2D eigenvalue weighted by atomic mass is 10.2. The van der Waals surface area contributed by atoms with Gasteiger partial charge in [-0.15, -0.1) is 0 Å². The second-order valence-electron chi connectivity index (χ2n) is 5.02. The molecule has 0 saturated carbocycles. The van der Waals surface area contributed by atoms with Crippen molar-refractivity contribution in [3.05, 3.63) is 35.9 Å². The molecule has 5 nitrogen and oxygen atoms in total. The molecule has 0 fully saturated rings. The lowest BCUT2D eigenvalue weighted by Gasteiger charge is -2.24. The molecule has 1 aromatic rings. The van der Waals surface area contributed by atoms with Gasteiger partial charge in [0.1, 0.15) is 0 Å². The maximum Gasteiger partial charge on any atom is 0.213 e. The zero-order valence-electron chi connectivity index (χ0n) is 12.4. The van der Waals surface area contributed by atoms with Crippen LogP contribution in [0.4, 0.5) is 0 Å². The molecule has 114 valence electrons. The Bertz CT molecular complexity index is 490. The summed E-state index contributed by atoms with van der Waals surface area (Å²) in [5.41, 5.74) is 1.16. The van der Waals surface area contributed by atoms with Gasteiger partial charge in [0, 0.05) is 26.7 Å². The number of sulfonamides is 1. The van der Waals surface area contributed by atoms with Crippen LogP contribution in [0.2, 0.25) is 0 Å². The first-order valence-electron chi connectivity index (χ1n) is 6.69. The van der Waals surface area contributed by atoms with E-state index in [4.69, 9.17) is 0 Å². The maximum atomic E-state index is 11.6. The van der Waals surface area contributed by atoms with E-state index in [1.807, 2.05) is 42.3 Å². The van der Waals surface area contributed by atoms with Crippen molar-refractivity contribution in [2.45, 2.75) is 19.6 Å². The van der Waals surface area contributed by atoms with Crippen molar-refractivity contribution >= 4 is 10.0 Å². The highest BCUT2D eigenvalue weighted by molar-refractivity contribution is 7.89. The van der Waals surface area contributed by atoms with Crippen LogP contribution in [-0.2, 0) is 16.6 Å². The first-order valence-corrected chi connectivity index (χ1v) is 8.30. The summed E-state index contributed by atoms with van der Waals surface area (Å²) < 4.78 is 24.4. The van der Waals surface area contributed by atoms with Gasteiger partial charge in [0.2, 0.25) is 10.0 Å². The largest absolute Gasteiger partial charge is 0.390 e. The van der Waals surface area contributed by atoms with Gasteiger partial charge in [-0.05, 0) is 19.5 Å². The molecule has 1 aromatic carbocycles. The van der Waals surface area contributed by atoms with Gasteiger partial charge in [-0.1, -0.05) is 30.3 Å². The Morgan fingerprint density at radius 2 is 1.75 bits per heavy atom. The highest BCUT2D eigenvalue weighted by Gasteiger charge is 2.19. The van der Waals surface area contributed by atoms with Crippen LogP contribution in [0, 0.1) is 0 Å². The molecule has 0 radical (unpaired) electrons. The molecule has 0 heterocycles. The Kier molecular flexibility index (Phi) is 6.61. The number of benzene rings is 1. The summed E-state index contributed by atoms with van der Waals surface area (Å²) in [6.07, 6.45) is -0.699. The Morgan fingerprint density at radius 3 is 2.30 bits per heavy atom. The standard InChI is InChI=1S/C14H24N2O3S/c1-4-20(18,19)16(3)12-14(17)11-15(2)10-13-8-6-5-7-9-13/h5-9,14,17H,4,10-12H2,1-3H3. The van der Waals surface area contributed by atoms with Crippen molar-refractivity contribution in [1.82, 2.24) is 9.21 Å². The van der Waals surface area contributed by atoms with E-state index >= 15 is 0 Å². The lowest BCUT2D eigenvalue weighted by Crippen LogP contribution is -2.40. The Balaban J connectivity index is 2.44. The Morgan fingerprint density at radius 1 is 1.15 bits per heavy atom. The van der Waals surface area contributed by atoms with Crippen LogP contribution in [0.1, 0.15) is 12.5 Å². The molecule has 1 rings (SSSR count). The van der Waals surface area contributed by atoms with Crippen molar-refractivity contribution in [1.29, 1.82) is 0 Å². The number of hydrogen-bond acceptors (Lipinski definition) is 4. The van der Waals surface area contributed by atoms with Crippen LogP contribution in [0.15, 0.2) is 30.3 Å². The number of nitrogens with zero attached hydrogens (tertiary/aromatic N) is 2. The monoisotopic (exact) mass is 300 g/mol. The highest BCUT2D eigenvalue weighted by Crippen LogP contribution is 2.05. The summed E-state index contributed by atoms with van der Waals surface area (Å²) in [4.78, 5) is 1.98. The molecule has 20 heavy (non-hydrogen) atoms. The summed E-state index contributed by atoms with van der Waals surface area (Å²) in [6, 6.07) is 9.96. The molecule has 1 unspecified atom stereocenters. The second-order valence-corrected chi connectivity index (χ2v) is 7.38. The van der Waals surface area contributed by atoms with Crippen LogP contribution in [0.25, 0.3) is 0 Å². The number of rotatable bonds is 8. The molecular weight excluding hydrogens is 276 g/mol. The average Bonchev–Trinajstić information content (AvgIpc) is 2.39. The first-order chi connectivity index (χ1) is 9.35. The molecule has 6 heteroatoms. The van der Waals surface area contributed by atoms with E-state index in [9.17, 15) is 13.5 Å². The van der Waals surface area contributed by atoms with Gasteiger partial charge < -0.3 is 5.11 Å². The van der Waals surface area contributed by atoms with Crippen LogP contribution in [0.3, 0.4) is 0 Å². The minimum Gasteiger partial charge on any atom is -0.390 e. The minimum atomic E-state index is -3.23. The van der Waals surface area contributed by atoms with E-state index in [0.717, 1.165) is 12.1 Å². The zero-order valence-corrected chi connectivity index (χ0v) is 13.2. The van der Waals surface area contributed by atoms with Crippen LogP contribution < -0.4 is 0 Å². The molecule has 0 spiro atoms. The van der Waals surface area contributed by atoms with Gasteiger partial charge in [-0.25, -0.2) is 12.7 Å². The fraction of sp³-hybridized carbons (Fsp3) is 0.571. The van der Waals surface area contributed by atoms with E-state index in [2.05, 4.69) is 0 Å². The van der Waals surface area contributed by atoms with Crippen LogP contribution >= 0.6 is 0 Å². The smallest absolute Gasteiger partial charge is 0.213 e. The summed E-state index contributed by atoms with van der Waals surface area (Å²) in [5, 5.41) is 9.98. The summed E-state index contributed by atoms with van der Waals surface area (Å²) in [7, 11) is 0.173.